The molecule has 32 heavy (non-hydrogen) atoms. The highest BCUT2D eigenvalue weighted by Gasteiger charge is 2.40. The van der Waals surface area contributed by atoms with E-state index >= 15 is 0 Å². The number of carbonyl (C=O) groups is 3. The molecule has 2 atom stereocenters. The summed E-state index contributed by atoms with van der Waals surface area (Å²) in [4.78, 5) is 40.2. The van der Waals surface area contributed by atoms with Crippen LogP contribution in [0.25, 0.3) is 0 Å². The molecule has 1 heterocycles. The highest BCUT2D eigenvalue weighted by molar-refractivity contribution is 5.99. The van der Waals surface area contributed by atoms with Crippen molar-refractivity contribution < 1.29 is 23.9 Å². The molecule has 4 rings (SSSR count). The third-order valence-corrected chi connectivity index (χ3v) is 6.26. The first-order chi connectivity index (χ1) is 15.6. The van der Waals surface area contributed by atoms with Crippen molar-refractivity contribution in [2.75, 3.05) is 30.5 Å². The van der Waals surface area contributed by atoms with Gasteiger partial charge in [-0.1, -0.05) is 31.0 Å². The third kappa shape index (κ3) is 4.77. The fraction of sp³-hybridized carbons (Fsp3) is 0.400. The molecule has 7 nitrogen and oxygen atoms in total. The number of ether oxygens (including phenoxy) is 2. The maximum absolute atomic E-state index is 13.3. The minimum absolute atomic E-state index is 0.0146. The molecule has 1 fully saturated rings. The van der Waals surface area contributed by atoms with Crippen LogP contribution in [0.15, 0.2) is 48.5 Å². The Labute approximate surface area is 187 Å². The van der Waals surface area contributed by atoms with Crippen LogP contribution in [0.3, 0.4) is 0 Å². The molecule has 0 saturated heterocycles. The second-order valence-corrected chi connectivity index (χ2v) is 8.25. The second kappa shape index (κ2) is 9.85. The normalized spacial score (nSPS) is 19.7. The standard InChI is InChI=1S/C25H28N2O5/c1-31-19-12-10-18(11-13-19)26-23(28)16-32-25(30)21-8-4-3-7-20(21)24(29)27-15-14-17-6-2-5-9-22(17)27/h2,5-6,9-13,20-21H,3-4,7-8,14-16H2,1H3,(H,26,28). The first kappa shape index (κ1) is 21.9. The lowest BCUT2D eigenvalue weighted by atomic mass is 9.78. The SMILES string of the molecule is COc1ccc(NC(=O)COC(=O)C2CCCCC2C(=O)N2CCc3ccccc32)cc1. The Kier molecular flexibility index (Phi) is 6.73. The molecule has 0 spiro atoms. The van der Waals surface area contributed by atoms with Crippen LogP contribution in [-0.2, 0) is 25.5 Å². The number of hydrogen-bond acceptors (Lipinski definition) is 5. The lowest BCUT2D eigenvalue weighted by molar-refractivity contribution is -0.156. The van der Waals surface area contributed by atoms with Gasteiger partial charge in [0, 0.05) is 17.9 Å². The maximum Gasteiger partial charge on any atom is 0.310 e. The van der Waals surface area contributed by atoms with E-state index in [0.29, 0.717) is 30.8 Å². The first-order valence-electron chi connectivity index (χ1n) is 11.1. The zero-order chi connectivity index (χ0) is 22.5. The molecular weight excluding hydrogens is 408 g/mol. The van der Waals surface area contributed by atoms with E-state index in [1.165, 1.54) is 0 Å². The molecule has 2 unspecified atom stereocenters. The van der Waals surface area contributed by atoms with Crippen molar-refractivity contribution in [2.24, 2.45) is 11.8 Å². The molecular formula is C25H28N2O5. The highest BCUT2D eigenvalue weighted by Crippen LogP contribution is 2.36. The van der Waals surface area contributed by atoms with E-state index in [9.17, 15) is 14.4 Å². The maximum atomic E-state index is 13.3. The minimum Gasteiger partial charge on any atom is -0.497 e. The summed E-state index contributed by atoms with van der Waals surface area (Å²) in [5.74, 6) is -1.15. The Morgan fingerprint density at radius 2 is 1.72 bits per heavy atom. The van der Waals surface area contributed by atoms with Gasteiger partial charge < -0.3 is 19.7 Å². The Morgan fingerprint density at radius 3 is 2.47 bits per heavy atom. The molecule has 1 aliphatic heterocycles. The average Bonchev–Trinajstić information content (AvgIpc) is 3.27. The fourth-order valence-corrected chi connectivity index (χ4v) is 4.59. The lowest BCUT2D eigenvalue weighted by Gasteiger charge is -2.32. The van der Waals surface area contributed by atoms with Gasteiger partial charge in [-0.2, -0.15) is 0 Å². The second-order valence-electron chi connectivity index (χ2n) is 8.25. The molecule has 2 aromatic carbocycles. The van der Waals surface area contributed by atoms with Crippen LogP contribution in [-0.4, -0.2) is 38.0 Å². The number of amides is 2. The summed E-state index contributed by atoms with van der Waals surface area (Å²) in [6, 6.07) is 14.8. The van der Waals surface area contributed by atoms with Crippen molar-refractivity contribution in [1.82, 2.24) is 0 Å². The molecule has 0 bridgehead atoms. The monoisotopic (exact) mass is 436 g/mol. The summed E-state index contributed by atoms with van der Waals surface area (Å²) < 4.78 is 10.4. The van der Waals surface area contributed by atoms with Gasteiger partial charge >= 0.3 is 5.97 Å². The summed E-state index contributed by atoms with van der Waals surface area (Å²) in [6.07, 6.45) is 3.88. The number of rotatable bonds is 6. The largest absolute Gasteiger partial charge is 0.497 e. The van der Waals surface area contributed by atoms with Crippen molar-refractivity contribution in [3.63, 3.8) is 0 Å². The van der Waals surface area contributed by atoms with E-state index in [1.807, 2.05) is 29.2 Å². The number of nitrogens with one attached hydrogen (secondary N) is 1. The smallest absolute Gasteiger partial charge is 0.310 e. The van der Waals surface area contributed by atoms with Crippen LogP contribution in [0.2, 0.25) is 0 Å². The summed E-state index contributed by atoms with van der Waals surface area (Å²) in [7, 11) is 1.57. The molecule has 168 valence electrons. The number of methoxy groups -OCH3 is 1. The average molecular weight is 437 g/mol. The molecule has 2 amide bonds. The fourth-order valence-electron chi connectivity index (χ4n) is 4.59. The van der Waals surface area contributed by atoms with E-state index in [1.54, 1.807) is 31.4 Å². The molecule has 0 radical (unpaired) electrons. The molecule has 2 aromatic rings. The van der Waals surface area contributed by atoms with Gasteiger partial charge in [0.2, 0.25) is 5.91 Å². The van der Waals surface area contributed by atoms with Gasteiger partial charge in [0.15, 0.2) is 6.61 Å². The number of anilines is 2. The minimum atomic E-state index is -0.516. The third-order valence-electron chi connectivity index (χ3n) is 6.26. The van der Waals surface area contributed by atoms with Crippen LogP contribution in [0, 0.1) is 11.8 Å². The Morgan fingerprint density at radius 1 is 1.00 bits per heavy atom. The number of nitrogens with zero attached hydrogens (tertiary/aromatic N) is 1. The van der Waals surface area contributed by atoms with E-state index in [0.717, 1.165) is 30.5 Å². The summed E-state index contributed by atoms with van der Waals surface area (Å²) in [5, 5.41) is 2.69. The predicted octanol–water partition coefficient (Wildman–Crippen LogP) is 3.57. The molecule has 7 heteroatoms. The number of esters is 1. The number of fused-ring (bicyclic) bond motifs is 1. The molecule has 1 saturated carbocycles. The lowest BCUT2D eigenvalue weighted by Crippen LogP contribution is -2.42. The Hall–Kier alpha value is -3.35. The zero-order valence-corrected chi connectivity index (χ0v) is 18.2. The first-order valence-corrected chi connectivity index (χ1v) is 11.1. The van der Waals surface area contributed by atoms with E-state index in [4.69, 9.17) is 9.47 Å². The molecule has 1 N–H and O–H groups in total. The van der Waals surface area contributed by atoms with Crippen molar-refractivity contribution in [1.29, 1.82) is 0 Å². The van der Waals surface area contributed by atoms with Crippen molar-refractivity contribution >= 4 is 29.2 Å². The Bertz CT molecular complexity index is 988. The number of benzene rings is 2. The molecule has 2 aliphatic rings. The van der Waals surface area contributed by atoms with Crippen LogP contribution >= 0.6 is 0 Å². The van der Waals surface area contributed by atoms with Gasteiger partial charge in [0.05, 0.1) is 18.9 Å². The van der Waals surface area contributed by atoms with E-state index in [-0.39, 0.29) is 12.5 Å². The van der Waals surface area contributed by atoms with Gasteiger partial charge in [-0.25, -0.2) is 0 Å². The van der Waals surface area contributed by atoms with Crippen molar-refractivity contribution in [3.8, 4) is 5.75 Å². The van der Waals surface area contributed by atoms with Gasteiger partial charge in [0.1, 0.15) is 5.75 Å². The summed E-state index contributed by atoms with van der Waals surface area (Å²) >= 11 is 0. The van der Waals surface area contributed by atoms with Crippen LogP contribution in [0.1, 0.15) is 31.2 Å². The van der Waals surface area contributed by atoms with Crippen LogP contribution in [0.4, 0.5) is 11.4 Å². The van der Waals surface area contributed by atoms with Crippen molar-refractivity contribution in [3.05, 3.63) is 54.1 Å². The predicted molar refractivity (Wildman–Crippen MR) is 121 cm³/mol. The number of hydrogen-bond donors (Lipinski definition) is 1. The van der Waals surface area contributed by atoms with Gasteiger partial charge in [-0.3, -0.25) is 14.4 Å². The number of para-hydroxylation sites is 1. The molecule has 0 aromatic heterocycles. The van der Waals surface area contributed by atoms with Gasteiger partial charge in [0.25, 0.3) is 5.91 Å². The summed E-state index contributed by atoms with van der Waals surface area (Å²) in [5.41, 5.74) is 2.69. The highest BCUT2D eigenvalue weighted by atomic mass is 16.5. The van der Waals surface area contributed by atoms with E-state index < -0.39 is 23.7 Å². The quantitative estimate of drug-likeness (QED) is 0.700. The van der Waals surface area contributed by atoms with E-state index in [2.05, 4.69) is 5.32 Å². The number of carbonyl (C=O) groups excluding carboxylic acids is 3. The van der Waals surface area contributed by atoms with Crippen LogP contribution in [0.5, 0.6) is 5.75 Å². The Balaban J connectivity index is 1.35. The van der Waals surface area contributed by atoms with Gasteiger partial charge in [-0.15, -0.1) is 0 Å². The zero-order valence-electron chi connectivity index (χ0n) is 18.2. The van der Waals surface area contributed by atoms with Crippen molar-refractivity contribution in [2.45, 2.75) is 32.1 Å². The van der Waals surface area contributed by atoms with Crippen LogP contribution < -0.4 is 15.0 Å². The summed E-state index contributed by atoms with van der Waals surface area (Å²) in [6.45, 7) is 0.259. The topological polar surface area (TPSA) is 84.9 Å². The molecule has 1 aliphatic carbocycles. The van der Waals surface area contributed by atoms with Gasteiger partial charge in [-0.05, 0) is 55.2 Å².